The first-order valence-corrected chi connectivity index (χ1v) is 12.3. The van der Waals surface area contributed by atoms with Gasteiger partial charge in [-0.25, -0.2) is 4.98 Å². The summed E-state index contributed by atoms with van der Waals surface area (Å²) < 4.78 is 7.79. The summed E-state index contributed by atoms with van der Waals surface area (Å²) in [7, 11) is 0. The molecule has 0 bridgehead atoms. The van der Waals surface area contributed by atoms with Crippen molar-refractivity contribution in [2.75, 3.05) is 26.2 Å². The molecule has 3 heterocycles. The first kappa shape index (κ1) is 24.3. The van der Waals surface area contributed by atoms with Crippen molar-refractivity contribution in [1.29, 1.82) is 0 Å². The van der Waals surface area contributed by atoms with Gasteiger partial charge in [0.15, 0.2) is 0 Å². The molecule has 0 spiro atoms. The van der Waals surface area contributed by atoms with Gasteiger partial charge in [0, 0.05) is 37.3 Å². The number of aromatic nitrogens is 3. The van der Waals surface area contributed by atoms with Crippen LogP contribution in [0.2, 0.25) is 0 Å². The molecule has 9 nitrogen and oxygen atoms in total. The van der Waals surface area contributed by atoms with Crippen LogP contribution in [0.4, 0.5) is 0 Å². The van der Waals surface area contributed by atoms with Crippen molar-refractivity contribution in [3.63, 3.8) is 0 Å². The van der Waals surface area contributed by atoms with Crippen LogP contribution in [0.5, 0.6) is 5.75 Å². The van der Waals surface area contributed by atoms with Crippen LogP contribution < -0.4 is 10.1 Å². The van der Waals surface area contributed by atoms with Crippen LogP contribution in [0.1, 0.15) is 33.9 Å². The van der Waals surface area contributed by atoms with Crippen molar-refractivity contribution in [3.8, 4) is 5.75 Å². The number of β-amino-alcohol motifs (C(OH)–C–C–N with tert-alkyl or cyclic N) is 1. The molecule has 3 N–H and O–H groups in total. The van der Waals surface area contributed by atoms with Gasteiger partial charge in [-0.3, -0.25) is 14.4 Å². The number of nitrogens with zero attached hydrogens (tertiary/aromatic N) is 4. The number of likely N-dealkylation sites (tertiary alicyclic amines) is 1. The highest BCUT2D eigenvalue weighted by Crippen LogP contribution is 2.24. The van der Waals surface area contributed by atoms with E-state index in [1.54, 1.807) is 10.9 Å². The molecule has 0 unspecified atom stereocenters. The lowest BCUT2D eigenvalue weighted by molar-refractivity contribution is -0.116. The number of aliphatic hydroxyl groups is 2. The van der Waals surface area contributed by atoms with Crippen LogP contribution in [0.15, 0.2) is 41.2 Å². The first-order chi connectivity index (χ1) is 16.3. The summed E-state index contributed by atoms with van der Waals surface area (Å²) in [6.45, 7) is 6.83. The van der Waals surface area contributed by atoms with Gasteiger partial charge >= 0.3 is 0 Å². The number of hydrogen-bond donors (Lipinski definition) is 3. The molecule has 182 valence electrons. The van der Waals surface area contributed by atoms with E-state index in [4.69, 9.17) is 4.74 Å². The van der Waals surface area contributed by atoms with Crippen LogP contribution in [0, 0.1) is 13.8 Å². The number of ether oxygens (including phenoxy) is 1. The fourth-order valence-corrected chi connectivity index (χ4v) is 4.66. The average molecular weight is 486 g/mol. The minimum absolute atomic E-state index is 0.0119. The summed E-state index contributed by atoms with van der Waals surface area (Å²) in [6.07, 6.45) is -0.604. The molecular weight excluding hydrogens is 454 g/mol. The van der Waals surface area contributed by atoms with E-state index in [2.05, 4.69) is 20.3 Å². The molecule has 2 aromatic heterocycles. The lowest BCUT2D eigenvalue weighted by Gasteiger charge is -2.42. The van der Waals surface area contributed by atoms with Crippen molar-refractivity contribution in [3.05, 3.63) is 63.9 Å². The molecule has 1 aliphatic heterocycles. The highest BCUT2D eigenvalue weighted by atomic mass is 32.1. The number of hydrogen-bond acceptors (Lipinski definition) is 8. The molecule has 3 aromatic rings. The molecule has 34 heavy (non-hydrogen) atoms. The van der Waals surface area contributed by atoms with Crippen LogP contribution in [0.3, 0.4) is 0 Å². The van der Waals surface area contributed by atoms with Gasteiger partial charge in [0.1, 0.15) is 23.7 Å². The third-order valence-electron chi connectivity index (χ3n) is 6.14. The molecule has 0 radical (unpaired) electrons. The second kappa shape index (κ2) is 10.6. The van der Waals surface area contributed by atoms with Crippen LogP contribution in [-0.2, 0) is 13.1 Å². The second-order valence-corrected chi connectivity index (χ2v) is 9.52. The Labute approximate surface area is 203 Å². The summed E-state index contributed by atoms with van der Waals surface area (Å²) in [5.74, 6) is 0.454. The maximum atomic E-state index is 12.1. The van der Waals surface area contributed by atoms with E-state index in [9.17, 15) is 15.0 Å². The van der Waals surface area contributed by atoms with E-state index < -0.39 is 11.7 Å². The summed E-state index contributed by atoms with van der Waals surface area (Å²) >= 11 is 1.33. The minimum atomic E-state index is -1.36. The summed E-state index contributed by atoms with van der Waals surface area (Å²) in [4.78, 5) is 18.2. The van der Waals surface area contributed by atoms with Gasteiger partial charge in [0.25, 0.3) is 5.91 Å². The van der Waals surface area contributed by atoms with E-state index in [1.807, 2.05) is 48.9 Å². The van der Waals surface area contributed by atoms with Gasteiger partial charge in [-0.1, -0.05) is 12.1 Å². The SMILES string of the molecule is Cc1cc(C)n(CCOc2ccc(CN3CC[C@@](O)(CNC(=O)c4cscn4)[C@H](O)C3)cc2)n1. The van der Waals surface area contributed by atoms with Crippen LogP contribution in [-0.4, -0.2) is 73.7 Å². The molecule has 1 amide bonds. The molecule has 1 aliphatic rings. The van der Waals surface area contributed by atoms with Crippen molar-refractivity contribution in [2.45, 2.75) is 45.1 Å². The lowest BCUT2D eigenvalue weighted by atomic mass is 9.88. The number of aryl methyl sites for hydroxylation is 2. The van der Waals surface area contributed by atoms with Crippen LogP contribution >= 0.6 is 11.3 Å². The van der Waals surface area contributed by atoms with E-state index >= 15 is 0 Å². The van der Waals surface area contributed by atoms with Gasteiger partial charge in [-0.15, -0.1) is 11.3 Å². The van der Waals surface area contributed by atoms with Crippen molar-refractivity contribution in [1.82, 2.24) is 25.0 Å². The zero-order valence-corrected chi connectivity index (χ0v) is 20.3. The maximum absolute atomic E-state index is 12.1. The monoisotopic (exact) mass is 485 g/mol. The zero-order valence-electron chi connectivity index (χ0n) is 19.5. The maximum Gasteiger partial charge on any atom is 0.270 e. The fourth-order valence-electron chi connectivity index (χ4n) is 4.12. The Kier molecular flexibility index (Phi) is 7.62. The third kappa shape index (κ3) is 6.01. The van der Waals surface area contributed by atoms with Crippen molar-refractivity contribution in [2.24, 2.45) is 0 Å². The number of carbonyl (C=O) groups is 1. The Hall–Kier alpha value is -2.79. The van der Waals surface area contributed by atoms with Gasteiger partial charge in [0.2, 0.25) is 0 Å². The molecule has 1 fully saturated rings. The molecule has 1 aromatic carbocycles. The average Bonchev–Trinajstić information content (AvgIpc) is 3.46. The third-order valence-corrected chi connectivity index (χ3v) is 6.72. The molecular formula is C24H31N5O4S. The number of amides is 1. The Morgan fingerprint density at radius 3 is 2.76 bits per heavy atom. The Morgan fingerprint density at radius 2 is 2.12 bits per heavy atom. The van der Waals surface area contributed by atoms with Gasteiger partial charge in [-0.05, 0) is 44.0 Å². The van der Waals surface area contributed by atoms with Crippen LogP contribution in [0.25, 0.3) is 0 Å². The topological polar surface area (TPSA) is 113 Å². The van der Waals surface area contributed by atoms with E-state index in [0.29, 0.717) is 44.9 Å². The Bertz CT molecular complexity index is 1090. The van der Waals surface area contributed by atoms with Gasteiger partial charge < -0.3 is 20.3 Å². The zero-order chi connectivity index (χ0) is 24.1. The summed E-state index contributed by atoms with van der Waals surface area (Å²) in [5, 5.41) is 30.2. The molecule has 10 heteroatoms. The smallest absolute Gasteiger partial charge is 0.270 e. The Morgan fingerprint density at radius 1 is 1.32 bits per heavy atom. The van der Waals surface area contributed by atoms with E-state index in [0.717, 1.165) is 22.7 Å². The second-order valence-electron chi connectivity index (χ2n) is 8.80. The summed E-state index contributed by atoms with van der Waals surface area (Å²) in [5.41, 5.74) is 3.77. The predicted molar refractivity (Wildman–Crippen MR) is 129 cm³/mol. The Balaban J connectivity index is 1.22. The molecule has 2 atom stereocenters. The van der Waals surface area contributed by atoms with Crippen molar-refractivity contribution >= 4 is 17.2 Å². The largest absolute Gasteiger partial charge is 0.492 e. The normalized spacial score (nSPS) is 20.9. The number of aliphatic hydroxyl groups excluding tert-OH is 1. The predicted octanol–water partition coefficient (Wildman–Crippen LogP) is 1.76. The van der Waals surface area contributed by atoms with Crippen molar-refractivity contribution < 1.29 is 19.7 Å². The molecule has 0 aliphatic carbocycles. The van der Waals surface area contributed by atoms with E-state index in [-0.39, 0.29) is 12.5 Å². The molecule has 1 saturated heterocycles. The van der Waals surface area contributed by atoms with Gasteiger partial charge in [-0.2, -0.15) is 5.10 Å². The molecule has 0 saturated carbocycles. The lowest BCUT2D eigenvalue weighted by Crippen LogP contribution is -2.60. The fraction of sp³-hybridized carbons (Fsp3) is 0.458. The standard InChI is InChI=1S/C24H31N5O4S/c1-17-11-18(2)29(27-17)9-10-33-20-5-3-19(4-6-20)12-28-8-7-24(32,22(30)13-28)15-25-23(31)21-14-34-16-26-21/h3-6,11,14,16,22,30,32H,7-10,12-13,15H2,1-2H3,(H,25,31)/t22-,24-/m1/s1. The first-order valence-electron chi connectivity index (χ1n) is 11.3. The van der Waals surface area contributed by atoms with Gasteiger partial charge in [0.05, 0.1) is 23.9 Å². The number of piperidine rings is 1. The van der Waals surface area contributed by atoms with E-state index in [1.165, 1.54) is 11.3 Å². The molecule has 4 rings (SSSR count). The number of carbonyl (C=O) groups excluding carboxylic acids is 1. The number of thiazole rings is 1. The quantitative estimate of drug-likeness (QED) is 0.423. The highest BCUT2D eigenvalue weighted by Gasteiger charge is 2.40. The number of benzene rings is 1. The number of nitrogens with one attached hydrogen (secondary N) is 1. The highest BCUT2D eigenvalue weighted by molar-refractivity contribution is 7.07. The summed E-state index contributed by atoms with van der Waals surface area (Å²) in [6, 6.07) is 9.97. The number of rotatable bonds is 9. The minimum Gasteiger partial charge on any atom is -0.492 e.